The normalized spacial score (nSPS) is 10.9. The lowest BCUT2D eigenvalue weighted by Gasteiger charge is -2.06. The van der Waals surface area contributed by atoms with Gasteiger partial charge in [-0.1, -0.05) is 74.2 Å². The molecule has 2 rings (SSSR count). The fourth-order valence-corrected chi connectivity index (χ4v) is 2.07. The Hall–Kier alpha value is -2.04. The molecule has 0 aliphatic rings. The molecule has 0 amide bonds. The zero-order valence-corrected chi connectivity index (χ0v) is 12.2. The van der Waals surface area contributed by atoms with Crippen LogP contribution < -0.4 is 5.32 Å². The monoisotopic (exact) mass is 263 g/mol. The van der Waals surface area contributed by atoms with E-state index in [0.717, 1.165) is 13.1 Å². The molecule has 102 valence electrons. The average molecular weight is 263 g/mol. The first-order valence-corrected chi connectivity index (χ1v) is 7.11. The highest BCUT2D eigenvalue weighted by Crippen LogP contribution is 2.17. The molecule has 20 heavy (non-hydrogen) atoms. The second-order valence-electron chi connectivity index (χ2n) is 5.11. The molecule has 1 heteroatoms. The van der Waals surface area contributed by atoms with E-state index in [0.29, 0.717) is 5.92 Å². The molecule has 0 unspecified atom stereocenters. The molecule has 0 bridgehead atoms. The topological polar surface area (TPSA) is 12.0 Å². The van der Waals surface area contributed by atoms with Crippen LogP contribution in [0.15, 0.2) is 54.6 Å². The summed E-state index contributed by atoms with van der Waals surface area (Å²) in [5.41, 5.74) is 1.34. The lowest BCUT2D eigenvalue weighted by molar-refractivity contribution is 0.764. The lowest BCUT2D eigenvalue weighted by atomic mass is 10.0. The van der Waals surface area contributed by atoms with Crippen LogP contribution >= 0.6 is 0 Å². The Balaban J connectivity index is 1.89. The first-order chi connectivity index (χ1) is 9.77. The van der Waals surface area contributed by atoms with Crippen LogP contribution in [-0.4, -0.2) is 6.54 Å². The van der Waals surface area contributed by atoms with Crippen molar-refractivity contribution in [3.8, 4) is 11.8 Å². The maximum atomic E-state index is 3.43. The third-order valence-electron chi connectivity index (χ3n) is 3.03. The molecule has 0 aliphatic carbocycles. The second-order valence-corrected chi connectivity index (χ2v) is 5.11. The van der Waals surface area contributed by atoms with Crippen LogP contribution in [0.5, 0.6) is 0 Å². The smallest absolute Gasteiger partial charge is 0.0214 e. The Morgan fingerprint density at radius 1 is 1.10 bits per heavy atom. The molecular formula is C19H21N. The van der Waals surface area contributed by atoms with Crippen LogP contribution in [0, 0.1) is 17.8 Å². The lowest BCUT2D eigenvalue weighted by Crippen LogP contribution is -2.12. The van der Waals surface area contributed by atoms with Crippen molar-refractivity contribution in [2.75, 3.05) is 6.54 Å². The molecule has 2 aromatic carbocycles. The molecule has 1 nitrogen and oxygen atoms in total. The predicted molar refractivity (Wildman–Crippen MR) is 87.4 cm³/mol. The Morgan fingerprint density at radius 2 is 1.90 bits per heavy atom. The highest BCUT2D eigenvalue weighted by Gasteiger charge is 1.98. The minimum Gasteiger partial charge on any atom is -0.309 e. The molecule has 0 saturated carbocycles. The van der Waals surface area contributed by atoms with Crippen LogP contribution in [0.3, 0.4) is 0 Å². The van der Waals surface area contributed by atoms with Crippen molar-refractivity contribution in [1.29, 1.82) is 0 Å². The van der Waals surface area contributed by atoms with Crippen LogP contribution in [0.2, 0.25) is 0 Å². The van der Waals surface area contributed by atoms with E-state index in [-0.39, 0.29) is 0 Å². The Bertz CT molecular complexity index is 636. The molecule has 0 heterocycles. The van der Waals surface area contributed by atoms with Crippen molar-refractivity contribution >= 4 is 10.8 Å². The van der Waals surface area contributed by atoms with Gasteiger partial charge in [-0.25, -0.2) is 0 Å². The fraction of sp³-hybridized carbons (Fsp3) is 0.263. The van der Waals surface area contributed by atoms with Gasteiger partial charge in [-0.15, -0.1) is 0 Å². The molecule has 1 N–H and O–H groups in total. The van der Waals surface area contributed by atoms with E-state index in [1.807, 2.05) is 6.08 Å². The van der Waals surface area contributed by atoms with Crippen molar-refractivity contribution in [1.82, 2.24) is 5.32 Å². The van der Waals surface area contributed by atoms with Gasteiger partial charge in [0.05, 0.1) is 0 Å². The summed E-state index contributed by atoms with van der Waals surface area (Å²) in [7, 11) is 0. The van der Waals surface area contributed by atoms with Crippen molar-refractivity contribution in [3.63, 3.8) is 0 Å². The van der Waals surface area contributed by atoms with Gasteiger partial charge in [0.15, 0.2) is 0 Å². The highest BCUT2D eigenvalue weighted by molar-refractivity contribution is 5.85. The second kappa shape index (κ2) is 7.53. The average Bonchev–Trinajstić information content (AvgIpc) is 2.46. The van der Waals surface area contributed by atoms with E-state index >= 15 is 0 Å². The quantitative estimate of drug-likeness (QED) is 0.645. The number of fused-ring (bicyclic) bond motifs is 1. The van der Waals surface area contributed by atoms with E-state index in [9.17, 15) is 0 Å². The minimum atomic E-state index is 0.434. The van der Waals surface area contributed by atoms with Gasteiger partial charge in [-0.3, -0.25) is 0 Å². The third kappa shape index (κ3) is 4.26. The Morgan fingerprint density at radius 3 is 2.75 bits per heavy atom. The maximum absolute atomic E-state index is 3.43. The van der Waals surface area contributed by atoms with Gasteiger partial charge in [0, 0.05) is 19.0 Å². The van der Waals surface area contributed by atoms with Gasteiger partial charge in [0.25, 0.3) is 0 Å². The first-order valence-electron chi connectivity index (χ1n) is 7.11. The van der Waals surface area contributed by atoms with Gasteiger partial charge in [-0.05, 0) is 22.4 Å². The van der Waals surface area contributed by atoms with Gasteiger partial charge < -0.3 is 5.32 Å². The summed E-state index contributed by atoms with van der Waals surface area (Å²) in [5.74, 6) is 6.59. The minimum absolute atomic E-state index is 0.434. The number of hydrogen-bond donors (Lipinski definition) is 1. The summed E-state index contributed by atoms with van der Waals surface area (Å²) < 4.78 is 0. The van der Waals surface area contributed by atoms with Crippen molar-refractivity contribution in [2.45, 2.75) is 20.4 Å². The van der Waals surface area contributed by atoms with Crippen LogP contribution in [0.4, 0.5) is 0 Å². The molecule has 0 radical (unpaired) electrons. The summed E-state index contributed by atoms with van der Waals surface area (Å²) in [5, 5.41) is 6.05. The van der Waals surface area contributed by atoms with Crippen molar-refractivity contribution in [2.24, 2.45) is 5.92 Å². The fourth-order valence-electron chi connectivity index (χ4n) is 2.07. The number of hydrogen-bond acceptors (Lipinski definition) is 1. The van der Waals surface area contributed by atoms with Gasteiger partial charge in [0.1, 0.15) is 0 Å². The van der Waals surface area contributed by atoms with E-state index in [2.05, 4.69) is 79.5 Å². The van der Waals surface area contributed by atoms with E-state index in [1.54, 1.807) is 0 Å². The van der Waals surface area contributed by atoms with Gasteiger partial charge >= 0.3 is 0 Å². The molecule has 0 aliphatic heterocycles. The van der Waals surface area contributed by atoms with E-state index in [1.165, 1.54) is 16.3 Å². The molecule has 0 atom stereocenters. The number of allylic oxidation sites excluding steroid dienone is 1. The van der Waals surface area contributed by atoms with Crippen LogP contribution in [-0.2, 0) is 6.54 Å². The third-order valence-corrected chi connectivity index (χ3v) is 3.03. The molecule has 2 aromatic rings. The Kier molecular flexibility index (Phi) is 5.41. The van der Waals surface area contributed by atoms with E-state index < -0.39 is 0 Å². The first kappa shape index (κ1) is 14.4. The van der Waals surface area contributed by atoms with Crippen molar-refractivity contribution in [3.05, 3.63) is 60.2 Å². The Labute approximate surface area is 121 Å². The maximum Gasteiger partial charge on any atom is 0.0214 e. The molecule has 0 spiro atoms. The zero-order valence-electron chi connectivity index (χ0n) is 12.2. The molecule has 0 aromatic heterocycles. The standard InChI is InChI=1S/C19H21N/c1-16(2)9-4-3-7-14-20-15-18-12-8-11-17-10-5-6-13-19(17)18/h3,5-8,10-13,16,20H,14-15H2,1-2H3/b7-3+. The predicted octanol–water partition coefficient (Wildman–Crippen LogP) is 4.15. The summed E-state index contributed by atoms with van der Waals surface area (Å²) in [4.78, 5) is 0. The summed E-state index contributed by atoms with van der Waals surface area (Å²) in [6, 6.07) is 14.9. The SMILES string of the molecule is CC(C)C#C/C=C/CNCc1cccc2ccccc12. The number of rotatable bonds is 4. The van der Waals surface area contributed by atoms with Crippen LogP contribution in [0.25, 0.3) is 10.8 Å². The van der Waals surface area contributed by atoms with Gasteiger partial charge in [-0.2, -0.15) is 0 Å². The zero-order chi connectivity index (χ0) is 14.2. The number of benzene rings is 2. The molecular weight excluding hydrogens is 242 g/mol. The number of nitrogens with one attached hydrogen (secondary N) is 1. The largest absolute Gasteiger partial charge is 0.309 e. The summed E-state index contributed by atoms with van der Waals surface area (Å²) in [6.07, 6.45) is 4.00. The van der Waals surface area contributed by atoms with E-state index in [4.69, 9.17) is 0 Å². The van der Waals surface area contributed by atoms with Crippen molar-refractivity contribution < 1.29 is 0 Å². The van der Waals surface area contributed by atoms with Gasteiger partial charge in [0.2, 0.25) is 0 Å². The highest BCUT2D eigenvalue weighted by atomic mass is 14.8. The molecule has 0 saturated heterocycles. The molecule has 0 fully saturated rings. The summed E-state index contributed by atoms with van der Waals surface area (Å²) >= 11 is 0. The van der Waals surface area contributed by atoms with Crippen LogP contribution in [0.1, 0.15) is 19.4 Å². The summed E-state index contributed by atoms with van der Waals surface area (Å²) in [6.45, 7) is 5.92.